The molecule has 8 nitrogen and oxygen atoms in total. The summed E-state index contributed by atoms with van der Waals surface area (Å²) in [6.07, 6.45) is -2.16. The number of rotatable bonds is 8. The van der Waals surface area contributed by atoms with Gasteiger partial charge in [-0.2, -0.15) is 0 Å². The minimum atomic E-state index is -2.56. The van der Waals surface area contributed by atoms with Crippen molar-refractivity contribution in [2.45, 2.75) is 38.0 Å². The average molecular weight is 468 g/mol. The number of halogens is 2. The number of nitrogens with two attached hydrogens (primary N) is 1. The Morgan fingerprint density at radius 3 is 2.03 bits per heavy atom. The van der Waals surface area contributed by atoms with Crippen molar-refractivity contribution in [2.24, 2.45) is 11.7 Å². The van der Waals surface area contributed by atoms with Crippen LogP contribution in [0.5, 0.6) is 5.75 Å². The van der Waals surface area contributed by atoms with Gasteiger partial charge in [0.25, 0.3) is 0 Å². The molecule has 4 N–H and O–H groups in total. The number of hydrogen-bond acceptors (Lipinski definition) is 6. The number of ether oxygens (including phenoxy) is 2. The monoisotopic (exact) mass is 467 g/mol. The Morgan fingerprint density at radius 2 is 1.56 bits per heavy atom. The maximum atomic E-state index is 13.2. The van der Waals surface area contributed by atoms with Crippen molar-refractivity contribution in [3.8, 4) is 5.75 Å². The first-order valence-corrected chi connectivity index (χ1v) is 9.80. The van der Waals surface area contributed by atoms with Crippen LogP contribution in [0.15, 0.2) is 48.5 Å². The van der Waals surface area contributed by atoms with Crippen LogP contribution in [0.25, 0.3) is 0 Å². The van der Waals surface area contributed by atoms with E-state index in [0.29, 0.717) is 0 Å². The van der Waals surface area contributed by atoms with Gasteiger partial charge >= 0.3 is 17.9 Å². The molecule has 32 heavy (non-hydrogen) atoms. The quantitative estimate of drug-likeness (QED) is 0.503. The van der Waals surface area contributed by atoms with E-state index in [4.69, 9.17) is 26.8 Å². The smallest absolute Gasteiger partial charge is 0.345 e. The highest BCUT2D eigenvalue weighted by molar-refractivity contribution is 6.31. The van der Waals surface area contributed by atoms with Gasteiger partial charge in [-0.15, -0.1) is 0 Å². The fourth-order valence-electron chi connectivity index (χ4n) is 3.05. The highest BCUT2D eigenvalue weighted by Gasteiger charge is 2.57. The number of carboxylic acids is 2. The van der Waals surface area contributed by atoms with Crippen LogP contribution < -0.4 is 10.5 Å². The molecular weight excluding hydrogens is 445 g/mol. The lowest BCUT2D eigenvalue weighted by molar-refractivity contribution is -0.176. The van der Waals surface area contributed by atoms with Crippen LogP contribution in [-0.2, 0) is 24.7 Å². The van der Waals surface area contributed by atoms with Gasteiger partial charge in [0.1, 0.15) is 23.1 Å². The molecule has 0 bridgehead atoms. The van der Waals surface area contributed by atoms with Crippen molar-refractivity contribution in [1.29, 1.82) is 0 Å². The van der Waals surface area contributed by atoms with E-state index >= 15 is 0 Å². The average Bonchev–Trinajstić information content (AvgIpc) is 2.67. The fraction of sp³-hybridized carbons (Fsp3) is 0.318. The normalized spacial score (nSPS) is 15.2. The first-order valence-electron chi connectivity index (χ1n) is 9.42. The van der Waals surface area contributed by atoms with Gasteiger partial charge < -0.3 is 25.4 Å². The predicted octanol–water partition coefficient (Wildman–Crippen LogP) is 3.21. The number of hydrogen-bond donors (Lipinski definition) is 3. The third-order valence-electron chi connectivity index (χ3n) is 4.44. The third kappa shape index (κ3) is 5.54. The summed E-state index contributed by atoms with van der Waals surface area (Å²) in [5.74, 6) is -7.60. The Hall–Kier alpha value is -3.17. The van der Waals surface area contributed by atoms with Gasteiger partial charge in [-0.1, -0.05) is 29.8 Å². The van der Waals surface area contributed by atoms with Crippen molar-refractivity contribution in [2.75, 3.05) is 0 Å². The first kappa shape index (κ1) is 25.1. The molecule has 2 aromatic rings. The van der Waals surface area contributed by atoms with Crippen molar-refractivity contribution in [3.63, 3.8) is 0 Å². The van der Waals surface area contributed by atoms with Gasteiger partial charge in [-0.25, -0.2) is 14.0 Å². The van der Waals surface area contributed by atoms with Crippen LogP contribution >= 0.6 is 11.6 Å². The first-order chi connectivity index (χ1) is 14.8. The Labute approximate surface area is 188 Å². The van der Waals surface area contributed by atoms with Crippen molar-refractivity contribution in [1.82, 2.24) is 0 Å². The standard InChI is InChI=1S/C22H23ClFNO7/c1-21(2,3)32-20(30)22(25,14-6-4-5-7-15(14)23)16(18(26)27)17(19(28)29)31-13-10-8-12(24)9-11-13/h4-11,16-17H,25H2,1-3H3,(H,26,27)(H,28,29). The number of aliphatic carboxylic acids is 2. The molecule has 0 radical (unpaired) electrons. The van der Waals surface area contributed by atoms with E-state index in [1.165, 1.54) is 45.0 Å². The molecule has 2 aromatic carbocycles. The van der Waals surface area contributed by atoms with E-state index in [2.05, 4.69) is 0 Å². The summed E-state index contributed by atoms with van der Waals surface area (Å²) in [5, 5.41) is 19.7. The molecule has 2 rings (SSSR count). The molecule has 0 aliphatic rings. The minimum Gasteiger partial charge on any atom is -0.481 e. The summed E-state index contributed by atoms with van der Waals surface area (Å²) in [5.41, 5.74) is 2.60. The minimum absolute atomic E-state index is 0.0713. The van der Waals surface area contributed by atoms with Crippen LogP contribution in [0.3, 0.4) is 0 Å². The third-order valence-corrected chi connectivity index (χ3v) is 4.77. The molecular formula is C22H23ClFNO7. The van der Waals surface area contributed by atoms with E-state index < -0.39 is 46.9 Å². The van der Waals surface area contributed by atoms with Gasteiger partial charge in [0.15, 0.2) is 5.54 Å². The van der Waals surface area contributed by atoms with Gasteiger partial charge in [0.2, 0.25) is 6.10 Å². The van der Waals surface area contributed by atoms with Crippen molar-refractivity contribution < 1.29 is 38.5 Å². The van der Waals surface area contributed by atoms with E-state index in [1.807, 2.05) is 0 Å². The van der Waals surface area contributed by atoms with E-state index in [-0.39, 0.29) is 16.3 Å². The maximum absolute atomic E-state index is 13.2. The Bertz CT molecular complexity index is 1010. The maximum Gasteiger partial charge on any atom is 0.345 e. The summed E-state index contributed by atoms with van der Waals surface area (Å²) in [6, 6.07) is 9.90. The molecule has 3 atom stereocenters. The SMILES string of the molecule is CC(C)(C)OC(=O)C(N)(c1ccccc1Cl)C(C(=O)O)C(Oc1ccc(F)cc1)C(=O)O. The van der Waals surface area contributed by atoms with Crippen LogP contribution in [0.4, 0.5) is 4.39 Å². The zero-order valence-electron chi connectivity index (χ0n) is 17.5. The molecule has 10 heteroatoms. The van der Waals surface area contributed by atoms with Gasteiger partial charge in [0.05, 0.1) is 0 Å². The zero-order chi connectivity index (χ0) is 24.3. The molecule has 172 valence electrons. The second-order valence-corrected chi connectivity index (χ2v) is 8.40. The molecule has 0 spiro atoms. The lowest BCUT2D eigenvalue weighted by Crippen LogP contribution is -2.61. The second kappa shape index (κ2) is 9.54. The van der Waals surface area contributed by atoms with Crippen LogP contribution in [0.2, 0.25) is 5.02 Å². The molecule has 0 aliphatic heterocycles. The molecule has 3 unspecified atom stereocenters. The highest BCUT2D eigenvalue weighted by atomic mass is 35.5. The fourth-order valence-corrected chi connectivity index (χ4v) is 3.34. The van der Waals surface area contributed by atoms with Gasteiger partial charge in [-0.05, 0) is 51.1 Å². The number of carbonyl (C=O) groups is 3. The van der Waals surface area contributed by atoms with Gasteiger partial charge in [0, 0.05) is 10.6 Å². The lowest BCUT2D eigenvalue weighted by Gasteiger charge is -2.38. The van der Waals surface area contributed by atoms with Gasteiger partial charge in [-0.3, -0.25) is 4.79 Å². The summed E-state index contributed by atoms with van der Waals surface area (Å²) < 4.78 is 23.9. The highest BCUT2D eigenvalue weighted by Crippen LogP contribution is 2.38. The van der Waals surface area contributed by atoms with Crippen molar-refractivity contribution >= 4 is 29.5 Å². The second-order valence-electron chi connectivity index (χ2n) is 8.00. The largest absolute Gasteiger partial charge is 0.481 e. The van der Waals surface area contributed by atoms with Crippen LogP contribution in [0, 0.1) is 11.7 Å². The molecule has 0 fully saturated rings. The Morgan fingerprint density at radius 1 is 1.00 bits per heavy atom. The lowest BCUT2D eigenvalue weighted by atomic mass is 9.75. The zero-order valence-corrected chi connectivity index (χ0v) is 18.3. The predicted molar refractivity (Wildman–Crippen MR) is 113 cm³/mol. The van der Waals surface area contributed by atoms with E-state index in [0.717, 1.165) is 24.3 Å². The van der Waals surface area contributed by atoms with Crippen LogP contribution in [-0.4, -0.2) is 39.8 Å². The van der Waals surface area contributed by atoms with Crippen LogP contribution in [0.1, 0.15) is 26.3 Å². The molecule has 0 amide bonds. The van der Waals surface area contributed by atoms with E-state index in [9.17, 15) is 29.0 Å². The Kier molecular flexibility index (Phi) is 7.48. The Balaban J connectivity index is 2.70. The summed E-state index contributed by atoms with van der Waals surface area (Å²) >= 11 is 6.22. The number of carboxylic acid groups (broad SMARTS) is 2. The summed E-state index contributed by atoms with van der Waals surface area (Å²) in [4.78, 5) is 37.7. The number of carbonyl (C=O) groups excluding carboxylic acids is 1. The molecule has 0 saturated carbocycles. The molecule has 0 aliphatic carbocycles. The summed E-state index contributed by atoms with van der Waals surface area (Å²) in [6.45, 7) is 4.62. The van der Waals surface area contributed by atoms with E-state index in [1.54, 1.807) is 0 Å². The van der Waals surface area contributed by atoms with Crippen molar-refractivity contribution in [3.05, 3.63) is 64.9 Å². The molecule has 0 saturated heterocycles. The topological polar surface area (TPSA) is 136 Å². The molecule has 0 aromatic heterocycles. The molecule has 0 heterocycles. The number of benzene rings is 2. The summed E-state index contributed by atoms with van der Waals surface area (Å²) in [7, 11) is 0. The number of esters is 1.